The molecule has 4 heteroatoms. The summed E-state index contributed by atoms with van der Waals surface area (Å²) in [6.45, 7) is 5.96. The van der Waals surface area contributed by atoms with Crippen molar-refractivity contribution < 1.29 is 19.9 Å². The van der Waals surface area contributed by atoms with Crippen molar-refractivity contribution in [1.29, 1.82) is 0 Å². The van der Waals surface area contributed by atoms with E-state index in [1.54, 1.807) is 7.11 Å². The predicted octanol–water partition coefficient (Wildman–Crippen LogP) is 0.327. The molecule has 0 aliphatic rings. The highest BCUT2D eigenvalue weighted by molar-refractivity contribution is 5.42. The minimum atomic E-state index is -0.457. The number of aryl methyl sites for hydroxylation is 1. The second kappa shape index (κ2) is 7.14. The van der Waals surface area contributed by atoms with Gasteiger partial charge >= 0.3 is 0 Å². The third-order valence-corrected chi connectivity index (χ3v) is 2.48. The summed E-state index contributed by atoms with van der Waals surface area (Å²) in [5.74, 6) is 1.38. The molecular formula is C13H22NO3+. The van der Waals surface area contributed by atoms with Crippen molar-refractivity contribution in [3.63, 3.8) is 0 Å². The molecule has 17 heavy (non-hydrogen) atoms. The largest absolute Gasteiger partial charge is 0.493 e. The quantitative estimate of drug-likeness (QED) is 0.722. The summed E-state index contributed by atoms with van der Waals surface area (Å²) in [5.41, 5.74) is 1.12. The third-order valence-electron chi connectivity index (χ3n) is 2.48. The van der Waals surface area contributed by atoms with Crippen LogP contribution in [-0.4, -0.2) is 38.0 Å². The molecule has 1 atom stereocenters. The second-order valence-electron chi connectivity index (χ2n) is 4.05. The topological polar surface area (TPSA) is 55.3 Å². The van der Waals surface area contributed by atoms with Crippen molar-refractivity contribution in [2.75, 3.05) is 26.8 Å². The van der Waals surface area contributed by atoms with Crippen LogP contribution in [0.5, 0.6) is 11.5 Å². The Labute approximate surface area is 103 Å². The van der Waals surface area contributed by atoms with E-state index in [0.717, 1.165) is 12.1 Å². The van der Waals surface area contributed by atoms with Crippen LogP contribution < -0.4 is 14.8 Å². The smallest absolute Gasteiger partial charge is 0.161 e. The molecule has 1 rings (SSSR count). The Morgan fingerprint density at radius 2 is 2.12 bits per heavy atom. The molecule has 0 aliphatic heterocycles. The van der Waals surface area contributed by atoms with Gasteiger partial charge in [0, 0.05) is 0 Å². The lowest BCUT2D eigenvalue weighted by atomic mass is 10.2. The zero-order chi connectivity index (χ0) is 12.7. The highest BCUT2D eigenvalue weighted by Crippen LogP contribution is 2.27. The first-order valence-corrected chi connectivity index (χ1v) is 5.94. The number of nitrogens with two attached hydrogens (primary N) is 1. The number of quaternary nitrogens is 1. The van der Waals surface area contributed by atoms with E-state index < -0.39 is 6.10 Å². The number of likely N-dealkylation sites (N-methyl/N-ethyl adjacent to an activating group) is 1. The number of aliphatic hydroxyl groups is 1. The van der Waals surface area contributed by atoms with Gasteiger partial charge in [0.2, 0.25) is 0 Å². The maximum absolute atomic E-state index is 9.66. The Bertz CT molecular complexity index is 341. The van der Waals surface area contributed by atoms with Crippen LogP contribution >= 0.6 is 0 Å². The standard InChI is InChI=1S/C13H21NO3/c1-4-14-8-11(15)9-17-12-6-5-10(2)7-13(12)16-3/h5-7,11,14-15H,4,8-9H2,1-3H3/p+1/t11-/m0/s1. The van der Waals surface area contributed by atoms with Crippen LogP contribution in [-0.2, 0) is 0 Å². The average molecular weight is 240 g/mol. The first-order chi connectivity index (χ1) is 8.17. The Morgan fingerprint density at radius 1 is 1.35 bits per heavy atom. The molecular weight excluding hydrogens is 218 g/mol. The van der Waals surface area contributed by atoms with Crippen molar-refractivity contribution in [1.82, 2.24) is 0 Å². The second-order valence-corrected chi connectivity index (χ2v) is 4.05. The van der Waals surface area contributed by atoms with Crippen LogP contribution in [0, 0.1) is 6.92 Å². The highest BCUT2D eigenvalue weighted by atomic mass is 16.5. The fraction of sp³-hybridized carbons (Fsp3) is 0.538. The Kier molecular flexibility index (Phi) is 5.80. The van der Waals surface area contributed by atoms with E-state index in [1.165, 1.54) is 0 Å². The van der Waals surface area contributed by atoms with Crippen LogP contribution in [0.25, 0.3) is 0 Å². The number of methoxy groups -OCH3 is 1. The number of ether oxygens (including phenoxy) is 2. The molecule has 1 aromatic carbocycles. The van der Waals surface area contributed by atoms with Crippen molar-refractivity contribution in [2.45, 2.75) is 20.0 Å². The number of hydrogen-bond acceptors (Lipinski definition) is 3. The molecule has 0 saturated carbocycles. The van der Waals surface area contributed by atoms with Crippen molar-refractivity contribution in [2.24, 2.45) is 0 Å². The van der Waals surface area contributed by atoms with Gasteiger partial charge in [0.25, 0.3) is 0 Å². The zero-order valence-electron chi connectivity index (χ0n) is 10.8. The average Bonchev–Trinajstić information content (AvgIpc) is 2.34. The van der Waals surface area contributed by atoms with Gasteiger partial charge in [0.05, 0.1) is 13.7 Å². The van der Waals surface area contributed by atoms with Gasteiger partial charge in [-0.1, -0.05) is 6.07 Å². The molecule has 0 fully saturated rings. The maximum Gasteiger partial charge on any atom is 0.161 e. The summed E-state index contributed by atoms with van der Waals surface area (Å²) in [4.78, 5) is 0. The molecule has 4 nitrogen and oxygen atoms in total. The molecule has 0 aromatic heterocycles. The van der Waals surface area contributed by atoms with Crippen LogP contribution in [0.15, 0.2) is 18.2 Å². The van der Waals surface area contributed by atoms with E-state index in [0.29, 0.717) is 18.0 Å². The number of hydrogen-bond donors (Lipinski definition) is 2. The molecule has 0 heterocycles. The molecule has 0 aliphatic carbocycles. The van der Waals surface area contributed by atoms with E-state index >= 15 is 0 Å². The van der Waals surface area contributed by atoms with Gasteiger partial charge in [-0.05, 0) is 31.5 Å². The summed E-state index contributed by atoms with van der Waals surface area (Å²) in [5, 5.41) is 11.7. The molecule has 0 saturated heterocycles. The monoisotopic (exact) mass is 240 g/mol. The normalized spacial score (nSPS) is 12.2. The predicted molar refractivity (Wildman–Crippen MR) is 66.6 cm³/mol. The summed E-state index contributed by atoms with van der Waals surface area (Å²) in [7, 11) is 1.61. The number of aliphatic hydroxyl groups excluding tert-OH is 1. The highest BCUT2D eigenvalue weighted by Gasteiger charge is 2.09. The van der Waals surface area contributed by atoms with Gasteiger partial charge in [-0.2, -0.15) is 0 Å². The van der Waals surface area contributed by atoms with Crippen molar-refractivity contribution in [3.05, 3.63) is 23.8 Å². The van der Waals surface area contributed by atoms with Gasteiger partial charge in [-0.3, -0.25) is 0 Å². The first kappa shape index (κ1) is 13.8. The number of rotatable bonds is 7. The Hall–Kier alpha value is -1.26. The third kappa shape index (κ3) is 4.63. The first-order valence-electron chi connectivity index (χ1n) is 5.94. The lowest BCUT2D eigenvalue weighted by molar-refractivity contribution is -0.658. The van der Waals surface area contributed by atoms with Crippen molar-refractivity contribution >= 4 is 0 Å². The minimum Gasteiger partial charge on any atom is -0.493 e. The molecule has 3 N–H and O–H groups in total. The van der Waals surface area contributed by atoms with Gasteiger partial charge in [-0.15, -0.1) is 0 Å². The summed E-state index contributed by atoms with van der Waals surface area (Å²) in [6.07, 6.45) is -0.457. The molecule has 1 aromatic rings. The van der Waals surface area contributed by atoms with E-state index in [2.05, 4.69) is 6.92 Å². The summed E-state index contributed by atoms with van der Waals surface area (Å²) >= 11 is 0. The lowest BCUT2D eigenvalue weighted by Crippen LogP contribution is -2.86. The van der Waals surface area contributed by atoms with Gasteiger partial charge in [-0.25, -0.2) is 0 Å². The SMILES string of the molecule is CC[NH2+]C[C@H](O)COc1ccc(C)cc1OC. The van der Waals surface area contributed by atoms with Gasteiger partial charge < -0.3 is 19.9 Å². The van der Waals surface area contributed by atoms with E-state index in [4.69, 9.17) is 9.47 Å². The molecule has 96 valence electrons. The number of benzene rings is 1. The molecule has 0 spiro atoms. The maximum atomic E-state index is 9.66. The Morgan fingerprint density at radius 3 is 2.76 bits per heavy atom. The van der Waals surface area contributed by atoms with E-state index in [-0.39, 0.29) is 6.61 Å². The zero-order valence-corrected chi connectivity index (χ0v) is 10.8. The summed E-state index contributed by atoms with van der Waals surface area (Å²) < 4.78 is 10.8. The molecule has 0 unspecified atom stereocenters. The van der Waals surface area contributed by atoms with Crippen LogP contribution in [0.4, 0.5) is 0 Å². The fourth-order valence-corrected chi connectivity index (χ4v) is 1.51. The van der Waals surface area contributed by atoms with Crippen molar-refractivity contribution in [3.8, 4) is 11.5 Å². The Balaban J connectivity index is 2.50. The van der Waals surface area contributed by atoms with Crippen LogP contribution in [0.3, 0.4) is 0 Å². The van der Waals surface area contributed by atoms with Gasteiger partial charge in [0.15, 0.2) is 11.5 Å². The molecule has 0 bridgehead atoms. The minimum absolute atomic E-state index is 0.288. The van der Waals surface area contributed by atoms with Crippen LogP contribution in [0.2, 0.25) is 0 Å². The summed E-state index contributed by atoms with van der Waals surface area (Å²) in [6, 6.07) is 5.74. The van der Waals surface area contributed by atoms with E-state index in [9.17, 15) is 5.11 Å². The molecule has 0 radical (unpaired) electrons. The molecule has 0 amide bonds. The fourth-order valence-electron chi connectivity index (χ4n) is 1.51. The van der Waals surface area contributed by atoms with E-state index in [1.807, 2.05) is 30.4 Å². The lowest BCUT2D eigenvalue weighted by Gasteiger charge is -2.13. The van der Waals surface area contributed by atoms with Gasteiger partial charge in [0.1, 0.15) is 19.3 Å². The van der Waals surface area contributed by atoms with Crippen LogP contribution in [0.1, 0.15) is 12.5 Å².